The predicted octanol–water partition coefficient (Wildman–Crippen LogP) is 4.08. The third-order valence-corrected chi connectivity index (χ3v) is 5.28. The van der Waals surface area contributed by atoms with Crippen molar-refractivity contribution in [3.8, 4) is 5.88 Å². The summed E-state index contributed by atoms with van der Waals surface area (Å²) in [7, 11) is 0. The summed E-state index contributed by atoms with van der Waals surface area (Å²) in [6, 6.07) is 4.85. The lowest BCUT2D eigenvalue weighted by Crippen LogP contribution is -2.14. The topological polar surface area (TPSA) is 69.9 Å². The molecule has 1 aliphatic rings. The molecular weight excluding hydrogens is 413 g/mol. The number of ketones is 1. The number of hydrogen-bond acceptors (Lipinski definition) is 5. The fraction of sp³-hybridized carbons (Fsp3) is 0.318. The zero-order valence-corrected chi connectivity index (χ0v) is 16.9. The van der Waals surface area contributed by atoms with Crippen LogP contribution in [0.2, 0.25) is 0 Å². The lowest BCUT2D eigenvalue weighted by molar-refractivity contribution is -0.141. The van der Waals surface area contributed by atoms with Gasteiger partial charge in [0.1, 0.15) is 12.4 Å². The number of carbonyl (C=O) groups excluding carboxylic acids is 2. The molecule has 4 rings (SSSR count). The third kappa shape index (κ3) is 3.87. The molecule has 1 fully saturated rings. The van der Waals surface area contributed by atoms with E-state index in [1.165, 1.54) is 4.52 Å². The maximum absolute atomic E-state index is 14.0. The Kier molecular flexibility index (Phi) is 5.43. The number of halogens is 3. The number of aryl methyl sites for hydroxylation is 2. The maximum atomic E-state index is 14.0. The van der Waals surface area contributed by atoms with Crippen LogP contribution in [-0.2, 0) is 16.1 Å². The summed E-state index contributed by atoms with van der Waals surface area (Å²) in [5.74, 6) is -4.42. The van der Waals surface area contributed by atoms with Gasteiger partial charge in [-0.25, -0.2) is 17.7 Å². The minimum Gasteiger partial charge on any atom is -0.473 e. The first-order valence-corrected chi connectivity index (χ1v) is 9.71. The lowest BCUT2D eigenvalue weighted by atomic mass is 9.96. The number of esters is 1. The van der Waals surface area contributed by atoms with E-state index in [9.17, 15) is 22.8 Å². The molecular formula is C22H19F3N2O4. The van der Waals surface area contributed by atoms with Crippen LogP contribution < -0.4 is 4.74 Å². The number of carbonyl (C=O) groups is 2. The smallest absolute Gasteiger partial charge is 0.309 e. The van der Waals surface area contributed by atoms with E-state index < -0.39 is 35.5 Å². The number of benzene rings is 1. The fourth-order valence-corrected chi connectivity index (χ4v) is 3.70. The number of ether oxygens (including phenoxy) is 2. The summed E-state index contributed by atoms with van der Waals surface area (Å²) in [6.45, 7) is 3.15. The molecule has 0 radical (unpaired) electrons. The molecule has 9 heteroatoms. The van der Waals surface area contributed by atoms with Crippen LogP contribution in [0.1, 0.15) is 40.0 Å². The average Bonchev–Trinajstić information content (AvgIpc) is 3.26. The van der Waals surface area contributed by atoms with Crippen molar-refractivity contribution in [3.63, 3.8) is 0 Å². The van der Waals surface area contributed by atoms with Crippen molar-refractivity contribution in [1.29, 1.82) is 0 Å². The van der Waals surface area contributed by atoms with Crippen LogP contribution in [0.3, 0.4) is 0 Å². The molecule has 3 aromatic rings. The van der Waals surface area contributed by atoms with Crippen LogP contribution in [0.25, 0.3) is 5.52 Å². The monoisotopic (exact) mass is 432 g/mol. The Morgan fingerprint density at radius 1 is 1.23 bits per heavy atom. The van der Waals surface area contributed by atoms with Gasteiger partial charge in [0.05, 0.1) is 34.9 Å². The molecule has 0 unspecified atom stereocenters. The number of nitrogens with zero attached hydrogens (tertiary/aromatic N) is 2. The third-order valence-electron chi connectivity index (χ3n) is 5.28. The van der Waals surface area contributed by atoms with Gasteiger partial charge in [0, 0.05) is 12.5 Å². The summed E-state index contributed by atoms with van der Waals surface area (Å²) < 4.78 is 53.2. The summed E-state index contributed by atoms with van der Waals surface area (Å²) in [5.41, 5.74) is 1.39. The Hall–Kier alpha value is -3.36. The summed E-state index contributed by atoms with van der Waals surface area (Å²) in [6.07, 6.45) is 0.492. The van der Waals surface area contributed by atoms with Crippen LogP contribution in [-0.4, -0.2) is 28.0 Å². The highest BCUT2D eigenvalue weighted by molar-refractivity contribution is 6.05. The van der Waals surface area contributed by atoms with Crippen LogP contribution in [0.4, 0.5) is 13.2 Å². The normalized spacial score (nSPS) is 16.0. The number of cyclic esters (lactones) is 1. The molecule has 162 valence electrons. The van der Waals surface area contributed by atoms with Gasteiger partial charge in [-0.05, 0) is 44.0 Å². The second-order valence-electron chi connectivity index (χ2n) is 7.52. The highest BCUT2D eigenvalue weighted by Gasteiger charge is 2.31. The van der Waals surface area contributed by atoms with Gasteiger partial charge in [-0.15, -0.1) is 0 Å². The summed E-state index contributed by atoms with van der Waals surface area (Å²) in [5, 5.41) is 4.34. The number of Topliss-reactive ketones (excluding diaryl/α,β-unsaturated/α-hetero) is 1. The first-order valence-electron chi connectivity index (χ1n) is 9.71. The van der Waals surface area contributed by atoms with Crippen LogP contribution >= 0.6 is 0 Å². The van der Waals surface area contributed by atoms with Crippen molar-refractivity contribution in [2.45, 2.75) is 33.3 Å². The number of aromatic nitrogens is 2. The molecule has 2 aromatic heterocycles. The number of pyridine rings is 1. The molecule has 1 saturated heterocycles. The Morgan fingerprint density at radius 3 is 2.68 bits per heavy atom. The van der Waals surface area contributed by atoms with Crippen molar-refractivity contribution >= 4 is 17.3 Å². The molecule has 3 heterocycles. The van der Waals surface area contributed by atoms with E-state index in [2.05, 4.69) is 5.10 Å². The van der Waals surface area contributed by atoms with Crippen LogP contribution in [0, 0.1) is 37.2 Å². The highest BCUT2D eigenvalue weighted by Crippen LogP contribution is 2.28. The van der Waals surface area contributed by atoms with Crippen LogP contribution in [0.5, 0.6) is 5.88 Å². The van der Waals surface area contributed by atoms with E-state index in [0.717, 1.165) is 11.6 Å². The Balaban J connectivity index is 1.67. The van der Waals surface area contributed by atoms with Crippen molar-refractivity contribution in [3.05, 3.63) is 64.1 Å². The van der Waals surface area contributed by atoms with E-state index in [4.69, 9.17) is 9.47 Å². The van der Waals surface area contributed by atoms with Crippen LogP contribution in [0.15, 0.2) is 24.3 Å². The van der Waals surface area contributed by atoms with E-state index in [1.54, 1.807) is 26.0 Å². The molecule has 31 heavy (non-hydrogen) atoms. The second kappa shape index (κ2) is 8.05. The minimum atomic E-state index is -1.32. The minimum absolute atomic E-state index is 0.00484. The molecule has 0 aliphatic carbocycles. The molecule has 0 saturated carbocycles. The standard InChI is InChI=1S/C22H19F3N2O4/c1-11-7-17-20(18(28)9-13-5-6-30-22(13)29)12(2)26-27(17)19(8-11)31-10-14-15(23)3-4-16(24)21(14)25/h3-4,7-8,13H,5-6,9-10H2,1-2H3/t13-/m1/s1. The van der Waals surface area contributed by atoms with Crippen molar-refractivity contribution in [2.75, 3.05) is 6.61 Å². The van der Waals surface area contributed by atoms with Crippen molar-refractivity contribution < 1.29 is 32.2 Å². The Labute approximate surface area is 175 Å². The van der Waals surface area contributed by atoms with Gasteiger partial charge in [0.2, 0.25) is 5.88 Å². The SMILES string of the molecule is Cc1cc(OCc2c(F)ccc(F)c2F)n2nc(C)c(C(=O)C[C@H]3CCOC3=O)c2c1. The summed E-state index contributed by atoms with van der Waals surface area (Å²) >= 11 is 0. The number of fused-ring (bicyclic) bond motifs is 1. The first kappa shape index (κ1) is 20.9. The predicted molar refractivity (Wildman–Crippen MR) is 103 cm³/mol. The average molecular weight is 432 g/mol. The zero-order chi connectivity index (χ0) is 22.3. The maximum Gasteiger partial charge on any atom is 0.309 e. The Bertz CT molecular complexity index is 1210. The molecule has 1 atom stereocenters. The highest BCUT2D eigenvalue weighted by atomic mass is 19.2. The fourth-order valence-electron chi connectivity index (χ4n) is 3.70. The lowest BCUT2D eigenvalue weighted by Gasteiger charge is -2.11. The quantitative estimate of drug-likeness (QED) is 0.334. The number of hydrogen-bond donors (Lipinski definition) is 0. The van der Waals surface area contributed by atoms with Gasteiger partial charge < -0.3 is 9.47 Å². The van der Waals surface area contributed by atoms with Crippen molar-refractivity contribution in [2.24, 2.45) is 5.92 Å². The Morgan fingerprint density at radius 2 is 1.97 bits per heavy atom. The largest absolute Gasteiger partial charge is 0.473 e. The molecule has 6 nitrogen and oxygen atoms in total. The van der Waals surface area contributed by atoms with Gasteiger partial charge in [0.15, 0.2) is 17.4 Å². The van der Waals surface area contributed by atoms with Gasteiger partial charge in [-0.3, -0.25) is 9.59 Å². The molecule has 1 aromatic carbocycles. The first-order chi connectivity index (χ1) is 14.8. The van der Waals surface area contributed by atoms with E-state index in [-0.39, 0.29) is 24.1 Å². The van der Waals surface area contributed by atoms with Gasteiger partial charge in [-0.1, -0.05) is 0 Å². The van der Waals surface area contributed by atoms with E-state index in [0.29, 0.717) is 35.9 Å². The number of rotatable bonds is 6. The van der Waals surface area contributed by atoms with E-state index >= 15 is 0 Å². The van der Waals surface area contributed by atoms with E-state index in [1.807, 2.05) is 0 Å². The molecule has 0 bridgehead atoms. The second-order valence-corrected chi connectivity index (χ2v) is 7.52. The van der Waals surface area contributed by atoms with Crippen molar-refractivity contribution in [1.82, 2.24) is 9.61 Å². The molecule has 0 N–H and O–H groups in total. The molecule has 0 spiro atoms. The van der Waals surface area contributed by atoms with Gasteiger partial charge >= 0.3 is 5.97 Å². The van der Waals surface area contributed by atoms with Gasteiger partial charge in [-0.2, -0.15) is 5.10 Å². The molecule has 0 amide bonds. The van der Waals surface area contributed by atoms with Gasteiger partial charge in [0.25, 0.3) is 0 Å². The summed E-state index contributed by atoms with van der Waals surface area (Å²) in [4.78, 5) is 24.7. The molecule has 1 aliphatic heterocycles. The zero-order valence-electron chi connectivity index (χ0n) is 16.9.